The summed E-state index contributed by atoms with van der Waals surface area (Å²) in [6, 6.07) is 10.1. The molecule has 6 heteroatoms. The van der Waals surface area contributed by atoms with Gasteiger partial charge in [0.2, 0.25) is 0 Å². The summed E-state index contributed by atoms with van der Waals surface area (Å²) in [5, 5.41) is 12.5. The summed E-state index contributed by atoms with van der Waals surface area (Å²) in [4.78, 5) is 11.3. The number of halogens is 1. The minimum Gasteiger partial charge on any atom is -0.492 e. The smallest absolute Gasteiger partial charge is 0.337 e. The molecule has 5 nitrogen and oxygen atoms in total. The number of para-hydroxylation sites is 2. The third kappa shape index (κ3) is 3.38. The van der Waals surface area contributed by atoms with Gasteiger partial charge in [-0.3, -0.25) is 0 Å². The standard InChI is InChI=1S/C15H15ClN2O3/c1-2-21-13-6-4-3-5-12(13)18-14-10(15(19)20)7-9(17)8-11(14)16/h3-8,18H,2,17H2,1H3,(H,19,20). The summed E-state index contributed by atoms with van der Waals surface area (Å²) in [6.45, 7) is 2.37. The second kappa shape index (κ2) is 6.37. The van der Waals surface area contributed by atoms with Crippen LogP contribution >= 0.6 is 11.6 Å². The lowest BCUT2D eigenvalue weighted by molar-refractivity contribution is 0.0698. The van der Waals surface area contributed by atoms with Gasteiger partial charge in [0.15, 0.2) is 0 Å². The van der Waals surface area contributed by atoms with Crippen LogP contribution in [0.15, 0.2) is 36.4 Å². The molecule has 0 aliphatic heterocycles. The van der Waals surface area contributed by atoms with E-state index in [1.54, 1.807) is 12.1 Å². The van der Waals surface area contributed by atoms with Crippen LogP contribution < -0.4 is 15.8 Å². The molecular weight excluding hydrogens is 292 g/mol. The second-order valence-electron chi connectivity index (χ2n) is 4.28. The van der Waals surface area contributed by atoms with E-state index in [0.29, 0.717) is 23.7 Å². The van der Waals surface area contributed by atoms with Crippen molar-refractivity contribution in [1.29, 1.82) is 0 Å². The van der Waals surface area contributed by atoms with Crippen LogP contribution in [0.5, 0.6) is 5.75 Å². The highest BCUT2D eigenvalue weighted by atomic mass is 35.5. The van der Waals surface area contributed by atoms with Crippen LogP contribution in [0.3, 0.4) is 0 Å². The first kappa shape index (κ1) is 15.0. The molecule has 0 aliphatic rings. The Labute approximate surface area is 127 Å². The van der Waals surface area contributed by atoms with Gasteiger partial charge in [0.25, 0.3) is 0 Å². The van der Waals surface area contributed by atoms with Gasteiger partial charge < -0.3 is 20.9 Å². The van der Waals surface area contributed by atoms with Crippen molar-refractivity contribution < 1.29 is 14.6 Å². The molecule has 21 heavy (non-hydrogen) atoms. The Morgan fingerprint density at radius 2 is 2.10 bits per heavy atom. The summed E-state index contributed by atoms with van der Waals surface area (Å²) in [5.74, 6) is -0.496. The Morgan fingerprint density at radius 3 is 2.76 bits per heavy atom. The number of hydrogen-bond donors (Lipinski definition) is 3. The number of benzene rings is 2. The minimum absolute atomic E-state index is 0.00583. The molecule has 0 unspecified atom stereocenters. The zero-order valence-electron chi connectivity index (χ0n) is 11.4. The van der Waals surface area contributed by atoms with Crippen LogP contribution in [-0.2, 0) is 0 Å². The third-order valence-electron chi connectivity index (χ3n) is 2.79. The average molecular weight is 307 g/mol. The molecule has 0 bridgehead atoms. The molecule has 0 fully saturated rings. The number of nitrogens with two attached hydrogens (primary N) is 1. The maximum atomic E-state index is 11.3. The lowest BCUT2D eigenvalue weighted by Gasteiger charge is -2.15. The molecule has 0 saturated carbocycles. The van der Waals surface area contributed by atoms with Crippen molar-refractivity contribution in [2.45, 2.75) is 6.92 Å². The van der Waals surface area contributed by atoms with Crippen LogP contribution in [0.4, 0.5) is 17.1 Å². The van der Waals surface area contributed by atoms with E-state index in [-0.39, 0.29) is 16.3 Å². The van der Waals surface area contributed by atoms with Crippen molar-refractivity contribution in [3.63, 3.8) is 0 Å². The van der Waals surface area contributed by atoms with E-state index in [1.165, 1.54) is 12.1 Å². The average Bonchev–Trinajstić information content (AvgIpc) is 2.43. The van der Waals surface area contributed by atoms with Gasteiger partial charge in [-0.15, -0.1) is 0 Å². The van der Waals surface area contributed by atoms with Crippen LogP contribution in [0.2, 0.25) is 5.02 Å². The fourth-order valence-corrected chi connectivity index (χ4v) is 2.18. The van der Waals surface area contributed by atoms with Crippen molar-refractivity contribution in [2.75, 3.05) is 17.7 Å². The van der Waals surface area contributed by atoms with E-state index >= 15 is 0 Å². The third-order valence-corrected chi connectivity index (χ3v) is 3.09. The Bertz CT molecular complexity index is 674. The van der Waals surface area contributed by atoms with Crippen LogP contribution in [-0.4, -0.2) is 17.7 Å². The Hall–Kier alpha value is -2.40. The van der Waals surface area contributed by atoms with Crippen molar-refractivity contribution in [3.8, 4) is 5.75 Å². The predicted octanol–water partition coefficient (Wildman–Crippen LogP) is 3.76. The second-order valence-corrected chi connectivity index (χ2v) is 4.69. The van der Waals surface area contributed by atoms with Crippen molar-refractivity contribution in [1.82, 2.24) is 0 Å². The van der Waals surface area contributed by atoms with Gasteiger partial charge in [0, 0.05) is 5.69 Å². The fourth-order valence-electron chi connectivity index (χ4n) is 1.91. The van der Waals surface area contributed by atoms with E-state index in [9.17, 15) is 9.90 Å². The fraction of sp³-hybridized carbons (Fsp3) is 0.133. The van der Waals surface area contributed by atoms with Gasteiger partial charge in [0.05, 0.1) is 28.6 Å². The van der Waals surface area contributed by atoms with E-state index in [4.69, 9.17) is 22.1 Å². The molecule has 0 atom stereocenters. The van der Waals surface area contributed by atoms with Crippen LogP contribution in [0.1, 0.15) is 17.3 Å². The summed E-state index contributed by atoms with van der Waals surface area (Å²) in [5.41, 5.74) is 6.85. The Kier molecular flexibility index (Phi) is 4.55. The minimum atomic E-state index is -1.11. The maximum absolute atomic E-state index is 11.3. The quantitative estimate of drug-likeness (QED) is 0.732. The van der Waals surface area contributed by atoms with Gasteiger partial charge in [-0.1, -0.05) is 23.7 Å². The molecule has 110 valence electrons. The van der Waals surface area contributed by atoms with E-state index in [2.05, 4.69) is 5.32 Å². The number of hydrogen-bond acceptors (Lipinski definition) is 4. The van der Waals surface area contributed by atoms with Crippen molar-refractivity contribution in [3.05, 3.63) is 47.0 Å². The summed E-state index contributed by atoms with van der Waals surface area (Å²) in [6.07, 6.45) is 0. The topological polar surface area (TPSA) is 84.6 Å². The van der Waals surface area contributed by atoms with Gasteiger partial charge >= 0.3 is 5.97 Å². The van der Waals surface area contributed by atoms with Crippen LogP contribution in [0, 0.1) is 0 Å². The molecule has 4 N–H and O–H groups in total. The SMILES string of the molecule is CCOc1ccccc1Nc1c(Cl)cc(N)cc1C(=O)O. The highest BCUT2D eigenvalue weighted by molar-refractivity contribution is 6.34. The van der Waals surface area contributed by atoms with Crippen molar-refractivity contribution in [2.24, 2.45) is 0 Å². The molecule has 2 aromatic rings. The number of nitrogens with one attached hydrogen (secondary N) is 1. The number of carboxylic acids is 1. The first-order chi connectivity index (χ1) is 10.0. The molecule has 0 spiro atoms. The summed E-state index contributed by atoms with van der Waals surface area (Å²) in [7, 11) is 0. The molecule has 2 rings (SSSR count). The van der Waals surface area contributed by atoms with E-state index < -0.39 is 5.97 Å². The number of aromatic carboxylic acids is 1. The molecule has 0 amide bonds. The maximum Gasteiger partial charge on any atom is 0.337 e. The normalized spacial score (nSPS) is 10.2. The van der Waals surface area contributed by atoms with Gasteiger partial charge in [-0.2, -0.15) is 0 Å². The molecule has 0 saturated heterocycles. The van der Waals surface area contributed by atoms with Crippen LogP contribution in [0.25, 0.3) is 0 Å². The summed E-state index contributed by atoms with van der Waals surface area (Å²) < 4.78 is 5.50. The Balaban J connectivity index is 2.47. The van der Waals surface area contributed by atoms with E-state index in [0.717, 1.165) is 0 Å². The number of rotatable bonds is 5. The molecule has 0 radical (unpaired) electrons. The molecule has 0 heterocycles. The molecule has 0 aromatic heterocycles. The molecule has 2 aromatic carbocycles. The molecule has 0 aliphatic carbocycles. The zero-order chi connectivity index (χ0) is 15.4. The van der Waals surface area contributed by atoms with Gasteiger partial charge in [-0.05, 0) is 31.2 Å². The highest BCUT2D eigenvalue weighted by Crippen LogP contribution is 2.35. The number of nitrogen functional groups attached to an aromatic ring is 1. The highest BCUT2D eigenvalue weighted by Gasteiger charge is 2.16. The largest absolute Gasteiger partial charge is 0.492 e. The number of carboxylic acid groups (broad SMARTS) is 1. The number of anilines is 3. The van der Waals surface area contributed by atoms with E-state index in [1.807, 2.05) is 19.1 Å². The van der Waals surface area contributed by atoms with Crippen molar-refractivity contribution >= 4 is 34.6 Å². The van der Waals surface area contributed by atoms with Gasteiger partial charge in [0.1, 0.15) is 5.75 Å². The lowest BCUT2D eigenvalue weighted by atomic mass is 10.1. The monoisotopic (exact) mass is 306 g/mol. The predicted molar refractivity (Wildman–Crippen MR) is 83.7 cm³/mol. The first-order valence-corrected chi connectivity index (χ1v) is 6.72. The lowest BCUT2D eigenvalue weighted by Crippen LogP contribution is -2.06. The van der Waals surface area contributed by atoms with Gasteiger partial charge in [-0.25, -0.2) is 4.79 Å². The Morgan fingerprint density at radius 1 is 1.38 bits per heavy atom. The zero-order valence-corrected chi connectivity index (χ0v) is 12.1. The first-order valence-electron chi connectivity index (χ1n) is 6.34. The molecular formula is C15H15ClN2O3. The summed E-state index contributed by atoms with van der Waals surface area (Å²) >= 11 is 6.11. The number of ether oxygens (including phenoxy) is 1. The number of carbonyl (C=O) groups is 1.